The molecule has 0 fully saturated rings. The molecule has 1 unspecified atom stereocenters. The molecule has 0 aromatic heterocycles. The number of carbonyl (C=O) groups excluding carboxylic acids is 1. The molecule has 0 bridgehead atoms. The number of aryl methyl sites for hydroxylation is 1. The zero-order valence-corrected chi connectivity index (χ0v) is 16.6. The summed E-state index contributed by atoms with van der Waals surface area (Å²) in [7, 11) is 3.07. The average molecular weight is 422 g/mol. The Bertz CT molecular complexity index is 918. The van der Waals surface area contributed by atoms with Crippen molar-refractivity contribution in [3.8, 4) is 17.2 Å². The number of hydroxylamine groups is 1. The van der Waals surface area contributed by atoms with Gasteiger partial charge in [-0.05, 0) is 36.6 Å². The zero-order chi connectivity index (χ0) is 21.0. The number of aliphatic carboxylic acids is 1. The van der Waals surface area contributed by atoms with E-state index in [0.29, 0.717) is 40.8 Å². The van der Waals surface area contributed by atoms with Gasteiger partial charge >= 0.3 is 11.9 Å². The Morgan fingerprint density at radius 2 is 1.86 bits per heavy atom. The molecule has 0 radical (unpaired) electrons. The minimum Gasteiger partial charge on any atom is -0.493 e. The van der Waals surface area contributed by atoms with E-state index in [4.69, 9.17) is 35.8 Å². The fraction of sp³-hybridized carbons (Fsp3) is 0.300. The summed E-state index contributed by atoms with van der Waals surface area (Å²) in [4.78, 5) is 28.5. The summed E-state index contributed by atoms with van der Waals surface area (Å²) in [5.41, 5.74) is 1.56. The van der Waals surface area contributed by atoms with Crippen molar-refractivity contribution in [2.24, 2.45) is 0 Å². The first-order valence-corrected chi connectivity index (χ1v) is 9.19. The third-order valence-corrected chi connectivity index (χ3v) is 4.65. The smallest absolute Gasteiger partial charge is 0.417 e. The highest BCUT2D eigenvalue weighted by molar-refractivity contribution is 6.30. The molecule has 1 N–H and O–H groups in total. The highest BCUT2D eigenvalue weighted by atomic mass is 35.5. The molecular formula is C20H20ClNO7. The summed E-state index contributed by atoms with van der Waals surface area (Å²) in [6.07, 6.45) is 0.238. The van der Waals surface area contributed by atoms with Gasteiger partial charge in [0.1, 0.15) is 6.10 Å². The number of rotatable bonds is 5. The minimum absolute atomic E-state index is 0.119. The van der Waals surface area contributed by atoms with Crippen LogP contribution < -0.4 is 19.4 Å². The largest absolute Gasteiger partial charge is 0.493 e. The fourth-order valence-corrected chi connectivity index (χ4v) is 3.25. The van der Waals surface area contributed by atoms with E-state index in [1.165, 1.54) is 12.2 Å². The number of ether oxygens (including phenoxy) is 3. The predicted octanol–water partition coefficient (Wildman–Crippen LogP) is 3.10. The number of carboxylic acid groups (broad SMARTS) is 1. The number of fused-ring (bicyclic) bond motifs is 1. The molecule has 0 saturated carbocycles. The molecule has 9 heteroatoms. The van der Waals surface area contributed by atoms with Crippen LogP contribution in [-0.4, -0.2) is 43.9 Å². The Kier molecular flexibility index (Phi) is 6.33. The molecule has 0 amide bonds. The molecular weight excluding hydrogens is 402 g/mol. The van der Waals surface area contributed by atoms with Gasteiger partial charge in [-0.3, -0.25) is 0 Å². The SMILES string of the molecule is COc1cc2c(cc1OC)N(Oc1cccc(Cl)c1)CC(OC(=O)C(=O)O)CC2. The summed E-state index contributed by atoms with van der Waals surface area (Å²) in [6.45, 7) is 0.119. The van der Waals surface area contributed by atoms with Gasteiger partial charge < -0.3 is 24.2 Å². The molecule has 1 aliphatic heterocycles. The number of methoxy groups -OCH3 is 2. The quantitative estimate of drug-likeness (QED) is 0.581. The maximum absolute atomic E-state index is 11.6. The number of nitrogens with zero attached hydrogens (tertiary/aromatic N) is 1. The molecule has 2 aromatic rings. The number of anilines is 1. The van der Waals surface area contributed by atoms with Crippen molar-refractivity contribution in [2.75, 3.05) is 25.8 Å². The van der Waals surface area contributed by atoms with Crippen LogP contribution in [0.4, 0.5) is 5.69 Å². The van der Waals surface area contributed by atoms with Gasteiger partial charge in [0, 0.05) is 17.2 Å². The summed E-state index contributed by atoms with van der Waals surface area (Å²) in [6, 6.07) is 10.4. The normalized spacial score (nSPS) is 15.7. The number of hydrogen-bond acceptors (Lipinski definition) is 7. The Balaban J connectivity index is 1.97. The molecule has 0 aliphatic carbocycles. The van der Waals surface area contributed by atoms with E-state index < -0.39 is 18.0 Å². The summed E-state index contributed by atoms with van der Waals surface area (Å²) < 4.78 is 15.9. The van der Waals surface area contributed by atoms with E-state index >= 15 is 0 Å². The second-order valence-electron chi connectivity index (χ2n) is 6.32. The number of esters is 1. The van der Waals surface area contributed by atoms with Crippen molar-refractivity contribution in [1.29, 1.82) is 0 Å². The summed E-state index contributed by atoms with van der Waals surface area (Å²) in [5.74, 6) is -1.42. The molecule has 3 rings (SSSR count). The molecule has 1 aliphatic rings. The van der Waals surface area contributed by atoms with Crippen LogP contribution in [0, 0.1) is 0 Å². The first-order valence-electron chi connectivity index (χ1n) is 8.81. The Labute approximate surface area is 172 Å². The monoisotopic (exact) mass is 421 g/mol. The van der Waals surface area contributed by atoms with Crippen LogP contribution in [0.15, 0.2) is 36.4 Å². The number of hydrogen-bond donors (Lipinski definition) is 1. The van der Waals surface area contributed by atoms with Crippen LogP contribution in [0.1, 0.15) is 12.0 Å². The van der Waals surface area contributed by atoms with E-state index in [0.717, 1.165) is 5.56 Å². The molecule has 8 nitrogen and oxygen atoms in total. The van der Waals surface area contributed by atoms with Gasteiger partial charge in [-0.1, -0.05) is 17.7 Å². The first-order chi connectivity index (χ1) is 13.9. The lowest BCUT2D eigenvalue weighted by Gasteiger charge is -2.27. The van der Waals surface area contributed by atoms with Crippen molar-refractivity contribution in [2.45, 2.75) is 18.9 Å². The van der Waals surface area contributed by atoms with Crippen LogP contribution in [0.3, 0.4) is 0 Å². The molecule has 0 saturated heterocycles. The topological polar surface area (TPSA) is 94.5 Å². The van der Waals surface area contributed by atoms with Crippen LogP contribution in [0.25, 0.3) is 0 Å². The Morgan fingerprint density at radius 1 is 1.14 bits per heavy atom. The van der Waals surface area contributed by atoms with Crippen molar-refractivity contribution in [3.05, 3.63) is 47.0 Å². The van der Waals surface area contributed by atoms with Crippen molar-refractivity contribution < 1.29 is 33.7 Å². The molecule has 1 atom stereocenters. The molecule has 2 aromatic carbocycles. The lowest BCUT2D eigenvalue weighted by molar-refractivity contribution is -0.167. The second kappa shape index (κ2) is 8.91. The number of benzene rings is 2. The maximum Gasteiger partial charge on any atom is 0.417 e. The lowest BCUT2D eigenvalue weighted by Crippen LogP contribution is -2.37. The standard InChI is InChI=1S/C20H20ClNO7/c1-26-17-8-12-6-7-15(28-20(25)19(23)24)11-22(16(12)10-18(17)27-2)29-14-5-3-4-13(21)9-14/h3-5,8-10,15H,6-7,11H2,1-2H3,(H,23,24). The van der Waals surface area contributed by atoms with Crippen molar-refractivity contribution >= 4 is 29.2 Å². The highest BCUT2D eigenvalue weighted by Crippen LogP contribution is 2.38. The lowest BCUT2D eigenvalue weighted by atomic mass is 10.1. The second-order valence-corrected chi connectivity index (χ2v) is 6.75. The summed E-state index contributed by atoms with van der Waals surface area (Å²) >= 11 is 6.04. The van der Waals surface area contributed by atoms with Gasteiger partial charge in [0.15, 0.2) is 17.2 Å². The molecule has 154 valence electrons. The van der Waals surface area contributed by atoms with E-state index in [1.807, 2.05) is 6.07 Å². The third-order valence-electron chi connectivity index (χ3n) is 4.42. The van der Waals surface area contributed by atoms with Gasteiger partial charge in [-0.2, -0.15) is 0 Å². The van der Waals surface area contributed by atoms with Gasteiger partial charge in [0.2, 0.25) is 0 Å². The number of halogens is 1. The molecule has 1 heterocycles. The van der Waals surface area contributed by atoms with Gasteiger partial charge in [0.05, 0.1) is 26.5 Å². The highest BCUT2D eigenvalue weighted by Gasteiger charge is 2.29. The maximum atomic E-state index is 11.6. The van der Waals surface area contributed by atoms with Gasteiger partial charge in [0.25, 0.3) is 0 Å². The minimum atomic E-state index is -1.64. The Hall–Kier alpha value is -3.13. The van der Waals surface area contributed by atoms with Crippen LogP contribution in [0.2, 0.25) is 5.02 Å². The first kappa shape index (κ1) is 20.6. The third kappa shape index (κ3) is 4.83. The van der Waals surface area contributed by atoms with Gasteiger partial charge in [-0.25, -0.2) is 14.7 Å². The predicted molar refractivity (Wildman–Crippen MR) is 105 cm³/mol. The number of carboxylic acids is 1. The van der Waals surface area contributed by atoms with E-state index in [-0.39, 0.29) is 6.54 Å². The van der Waals surface area contributed by atoms with E-state index in [9.17, 15) is 9.59 Å². The molecule has 0 spiro atoms. The fourth-order valence-electron chi connectivity index (χ4n) is 3.07. The van der Waals surface area contributed by atoms with Crippen molar-refractivity contribution in [1.82, 2.24) is 0 Å². The van der Waals surface area contributed by atoms with Crippen LogP contribution in [0.5, 0.6) is 17.2 Å². The van der Waals surface area contributed by atoms with E-state index in [1.54, 1.807) is 37.4 Å². The average Bonchev–Trinajstić information content (AvgIpc) is 2.86. The summed E-state index contributed by atoms with van der Waals surface area (Å²) in [5, 5.41) is 10.9. The van der Waals surface area contributed by atoms with Crippen LogP contribution >= 0.6 is 11.6 Å². The zero-order valence-electron chi connectivity index (χ0n) is 15.9. The Morgan fingerprint density at radius 3 is 2.52 bits per heavy atom. The van der Waals surface area contributed by atoms with Crippen molar-refractivity contribution in [3.63, 3.8) is 0 Å². The molecule has 29 heavy (non-hydrogen) atoms. The van der Waals surface area contributed by atoms with Crippen LogP contribution in [-0.2, 0) is 20.7 Å². The van der Waals surface area contributed by atoms with Gasteiger partial charge in [-0.15, -0.1) is 0 Å². The van der Waals surface area contributed by atoms with E-state index in [2.05, 4.69) is 0 Å². The number of carbonyl (C=O) groups is 2.